The van der Waals surface area contributed by atoms with Gasteiger partial charge in [-0.25, -0.2) is 0 Å². The van der Waals surface area contributed by atoms with Crippen molar-refractivity contribution in [2.24, 2.45) is 0 Å². The first-order chi connectivity index (χ1) is 8.48. The van der Waals surface area contributed by atoms with E-state index in [1.807, 2.05) is 0 Å². The standard InChI is InChI=1S/C13H16F6/c1-4-5-6-11(13(17,18)19)8-9(2)7-10(3)12(14,15)16/h7-8H,3-6H2,1-2H3. The van der Waals surface area contributed by atoms with Crippen LogP contribution in [0.25, 0.3) is 0 Å². The van der Waals surface area contributed by atoms with Crippen LogP contribution < -0.4 is 0 Å². The lowest BCUT2D eigenvalue weighted by molar-refractivity contribution is -0.0942. The topological polar surface area (TPSA) is 0 Å². The largest absolute Gasteiger partial charge is 0.415 e. The van der Waals surface area contributed by atoms with Crippen LogP contribution in [0.5, 0.6) is 0 Å². The minimum atomic E-state index is -4.63. The van der Waals surface area contributed by atoms with Gasteiger partial charge < -0.3 is 0 Å². The highest BCUT2D eigenvalue weighted by Gasteiger charge is 2.33. The Balaban J connectivity index is 5.13. The monoisotopic (exact) mass is 286 g/mol. The van der Waals surface area contributed by atoms with Gasteiger partial charge in [0.2, 0.25) is 0 Å². The fourth-order valence-electron chi connectivity index (χ4n) is 1.34. The Morgan fingerprint density at radius 2 is 1.53 bits per heavy atom. The van der Waals surface area contributed by atoms with Gasteiger partial charge in [-0.2, -0.15) is 26.3 Å². The first kappa shape index (κ1) is 17.8. The van der Waals surface area contributed by atoms with E-state index in [1.54, 1.807) is 6.92 Å². The van der Waals surface area contributed by atoms with Crippen molar-refractivity contribution in [3.63, 3.8) is 0 Å². The molecule has 0 rings (SSSR count). The van der Waals surface area contributed by atoms with Crippen LogP contribution in [0.15, 0.2) is 35.5 Å². The first-order valence-electron chi connectivity index (χ1n) is 5.70. The van der Waals surface area contributed by atoms with Gasteiger partial charge in [-0.15, -0.1) is 0 Å². The second-order valence-corrected chi connectivity index (χ2v) is 4.18. The van der Waals surface area contributed by atoms with Crippen LogP contribution >= 0.6 is 0 Å². The third kappa shape index (κ3) is 7.08. The molecule has 0 bridgehead atoms. The van der Waals surface area contributed by atoms with E-state index in [4.69, 9.17) is 0 Å². The molecule has 0 fully saturated rings. The lowest BCUT2D eigenvalue weighted by Gasteiger charge is -2.12. The second-order valence-electron chi connectivity index (χ2n) is 4.18. The average Bonchev–Trinajstić information content (AvgIpc) is 2.21. The zero-order valence-electron chi connectivity index (χ0n) is 10.8. The Hall–Kier alpha value is -1.20. The fraction of sp³-hybridized carbons (Fsp3) is 0.538. The van der Waals surface area contributed by atoms with E-state index in [0.29, 0.717) is 18.9 Å². The minimum Gasteiger partial charge on any atom is -0.166 e. The summed E-state index contributed by atoms with van der Waals surface area (Å²) in [6.07, 6.45) is -7.10. The maximum atomic E-state index is 12.6. The summed E-state index contributed by atoms with van der Waals surface area (Å²) in [5.74, 6) is 0. The van der Waals surface area contributed by atoms with Gasteiger partial charge >= 0.3 is 12.4 Å². The van der Waals surface area contributed by atoms with Crippen LogP contribution in [0.1, 0.15) is 33.1 Å². The molecule has 0 amide bonds. The molecule has 0 saturated heterocycles. The van der Waals surface area contributed by atoms with E-state index < -0.39 is 23.5 Å². The summed E-state index contributed by atoms with van der Waals surface area (Å²) in [6, 6.07) is 0. The molecule has 0 heterocycles. The third-order valence-corrected chi connectivity index (χ3v) is 2.33. The predicted molar refractivity (Wildman–Crippen MR) is 62.6 cm³/mol. The Morgan fingerprint density at radius 1 is 1.00 bits per heavy atom. The molecule has 0 radical (unpaired) electrons. The number of hydrogen-bond donors (Lipinski definition) is 0. The summed E-state index contributed by atoms with van der Waals surface area (Å²) < 4.78 is 74.5. The molecule has 0 nitrogen and oxygen atoms in total. The maximum absolute atomic E-state index is 12.6. The summed E-state index contributed by atoms with van der Waals surface area (Å²) in [4.78, 5) is 0. The molecule has 0 aromatic carbocycles. The molecule has 6 heteroatoms. The Labute approximate surface area is 108 Å². The number of halogens is 6. The SMILES string of the molecule is C=C(C=C(C)C=C(CCCC)C(F)(F)F)C(F)(F)F. The molecule has 110 valence electrons. The van der Waals surface area contributed by atoms with E-state index in [1.165, 1.54) is 6.92 Å². The molecular weight excluding hydrogens is 270 g/mol. The van der Waals surface area contributed by atoms with Crippen molar-refractivity contribution in [3.05, 3.63) is 35.5 Å². The van der Waals surface area contributed by atoms with Crippen molar-refractivity contribution in [1.29, 1.82) is 0 Å². The van der Waals surface area contributed by atoms with Gasteiger partial charge in [0.15, 0.2) is 0 Å². The van der Waals surface area contributed by atoms with Gasteiger partial charge in [0, 0.05) is 11.1 Å². The van der Waals surface area contributed by atoms with Gasteiger partial charge in [0.1, 0.15) is 0 Å². The molecular formula is C13H16F6. The molecule has 19 heavy (non-hydrogen) atoms. The van der Waals surface area contributed by atoms with Crippen LogP contribution in [0, 0.1) is 0 Å². The maximum Gasteiger partial charge on any atom is 0.415 e. The smallest absolute Gasteiger partial charge is 0.166 e. The van der Waals surface area contributed by atoms with Crippen LogP contribution in [-0.4, -0.2) is 12.4 Å². The zero-order valence-corrected chi connectivity index (χ0v) is 10.8. The fourth-order valence-corrected chi connectivity index (χ4v) is 1.34. The third-order valence-electron chi connectivity index (χ3n) is 2.33. The summed E-state index contributed by atoms with van der Waals surface area (Å²) in [5.41, 5.74) is -2.11. The number of rotatable bonds is 5. The molecule has 0 unspecified atom stereocenters. The van der Waals surface area contributed by atoms with Crippen molar-refractivity contribution in [2.45, 2.75) is 45.5 Å². The van der Waals surface area contributed by atoms with Crippen molar-refractivity contribution < 1.29 is 26.3 Å². The quantitative estimate of drug-likeness (QED) is 0.447. The van der Waals surface area contributed by atoms with Gasteiger partial charge in [-0.1, -0.05) is 31.6 Å². The lowest BCUT2D eigenvalue weighted by Crippen LogP contribution is -2.12. The highest BCUT2D eigenvalue weighted by molar-refractivity contribution is 5.32. The Bertz CT molecular complexity index is 368. The summed E-state index contributed by atoms with van der Waals surface area (Å²) in [7, 11) is 0. The lowest BCUT2D eigenvalue weighted by atomic mass is 10.0. The predicted octanol–water partition coefficient (Wildman–Crippen LogP) is 5.73. The van der Waals surface area contributed by atoms with E-state index in [2.05, 4.69) is 6.58 Å². The number of hydrogen-bond acceptors (Lipinski definition) is 0. The van der Waals surface area contributed by atoms with Crippen molar-refractivity contribution in [1.82, 2.24) is 0 Å². The van der Waals surface area contributed by atoms with Crippen LogP contribution in [0.4, 0.5) is 26.3 Å². The van der Waals surface area contributed by atoms with Gasteiger partial charge in [0.25, 0.3) is 0 Å². The molecule has 0 saturated carbocycles. The molecule has 0 atom stereocenters. The van der Waals surface area contributed by atoms with E-state index >= 15 is 0 Å². The van der Waals surface area contributed by atoms with Crippen molar-refractivity contribution >= 4 is 0 Å². The average molecular weight is 286 g/mol. The van der Waals surface area contributed by atoms with Crippen LogP contribution in [0.3, 0.4) is 0 Å². The summed E-state index contributed by atoms with van der Waals surface area (Å²) in [5, 5.41) is 0. The van der Waals surface area contributed by atoms with Crippen LogP contribution in [0.2, 0.25) is 0 Å². The zero-order chi connectivity index (χ0) is 15.3. The Morgan fingerprint density at radius 3 is 1.89 bits per heavy atom. The molecule has 0 aliphatic heterocycles. The molecule has 0 aromatic heterocycles. The first-order valence-corrected chi connectivity index (χ1v) is 5.70. The summed E-state index contributed by atoms with van der Waals surface area (Å²) >= 11 is 0. The number of unbranched alkanes of at least 4 members (excludes halogenated alkanes) is 1. The number of alkyl halides is 6. The van der Waals surface area contributed by atoms with Gasteiger partial charge in [-0.05, 0) is 25.8 Å². The van der Waals surface area contributed by atoms with Crippen molar-refractivity contribution in [3.8, 4) is 0 Å². The highest BCUT2D eigenvalue weighted by atomic mass is 19.4. The molecule has 0 N–H and O–H groups in total. The van der Waals surface area contributed by atoms with Crippen molar-refractivity contribution in [2.75, 3.05) is 0 Å². The molecule has 0 aromatic rings. The molecule has 0 spiro atoms. The minimum absolute atomic E-state index is 0.120. The Kier molecular flexibility index (Phi) is 6.39. The summed E-state index contributed by atoms with van der Waals surface area (Å²) in [6.45, 7) is 5.71. The highest BCUT2D eigenvalue weighted by Crippen LogP contribution is 2.31. The van der Waals surface area contributed by atoms with E-state index in [0.717, 1.165) is 6.08 Å². The van der Waals surface area contributed by atoms with Gasteiger partial charge in [0.05, 0.1) is 0 Å². The normalized spacial score (nSPS) is 14.7. The molecule has 0 aliphatic carbocycles. The molecule has 0 aliphatic rings. The van der Waals surface area contributed by atoms with Gasteiger partial charge in [-0.3, -0.25) is 0 Å². The van der Waals surface area contributed by atoms with Crippen LogP contribution in [-0.2, 0) is 0 Å². The second kappa shape index (κ2) is 6.82. The van der Waals surface area contributed by atoms with E-state index in [9.17, 15) is 26.3 Å². The van der Waals surface area contributed by atoms with E-state index in [-0.39, 0.29) is 12.0 Å². The number of allylic oxidation sites excluding steroid dienone is 5.